The number of carbonyl (C=O) groups excluding carboxylic acids is 2. The van der Waals surface area contributed by atoms with Crippen molar-refractivity contribution in [2.45, 2.75) is 45.8 Å². The molecule has 0 saturated carbocycles. The lowest BCUT2D eigenvalue weighted by atomic mass is 10.1. The standard InChI is InChI=1S/C19H26FNO3Si/c1-13(12-24-25(5,6)19(2,3)4)16(20)11-21-17(22)14-9-7-8-10-15(14)18(21)23/h7-10H,11-12H2,1-6H3. The van der Waals surface area contributed by atoms with Crippen molar-refractivity contribution in [2.75, 3.05) is 13.2 Å². The van der Waals surface area contributed by atoms with Crippen LogP contribution in [0.1, 0.15) is 48.4 Å². The van der Waals surface area contributed by atoms with Crippen molar-refractivity contribution in [3.63, 3.8) is 0 Å². The third kappa shape index (κ3) is 3.90. The number of amides is 2. The Bertz CT molecular complexity index is 699. The maximum Gasteiger partial charge on any atom is 0.261 e. The fourth-order valence-corrected chi connectivity index (χ4v) is 3.25. The quantitative estimate of drug-likeness (QED) is 0.570. The summed E-state index contributed by atoms with van der Waals surface area (Å²) >= 11 is 0. The molecule has 1 aliphatic rings. The summed E-state index contributed by atoms with van der Waals surface area (Å²) in [7, 11) is -1.98. The second-order valence-electron chi connectivity index (χ2n) is 7.98. The lowest BCUT2D eigenvalue weighted by molar-refractivity contribution is 0.0659. The summed E-state index contributed by atoms with van der Waals surface area (Å²) < 4.78 is 20.6. The van der Waals surface area contributed by atoms with Crippen LogP contribution in [0.2, 0.25) is 18.1 Å². The fraction of sp³-hybridized carbons (Fsp3) is 0.474. The van der Waals surface area contributed by atoms with Crippen LogP contribution in [0.4, 0.5) is 4.39 Å². The minimum atomic E-state index is -1.98. The van der Waals surface area contributed by atoms with E-state index in [0.717, 1.165) is 4.90 Å². The Morgan fingerprint density at radius 1 is 1.12 bits per heavy atom. The molecule has 2 amide bonds. The Morgan fingerprint density at radius 2 is 1.60 bits per heavy atom. The van der Waals surface area contributed by atoms with Gasteiger partial charge in [-0.1, -0.05) is 32.9 Å². The van der Waals surface area contributed by atoms with Crippen LogP contribution in [-0.4, -0.2) is 38.2 Å². The summed E-state index contributed by atoms with van der Waals surface area (Å²) in [6, 6.07) is 6.56. The predicted octanol–water partition coefficient (Wildman–Crippen LogP) is 4.55. The zero-order valence-corrected chi connectivity index (χ0v) is 16.8. The number of hydrogen-bond donors (Lipinski definition) is 0. The number of rotatable bonds is 5. The van der Waals surface area contributed by atoms with Crippen LogP contribution in [0.3, 0.4) is 0 Å². The van der Waals surface area contributed by atoms with Gasteiger partial charge in [0.25, 0.3) is 11.8 Å². The van der Waals surface area contributed by atoms with E-state index in [0.29, 0.717) is 16.7 Å². The largest absolute Gasteiger partial charge is 0.413 e. The first-order valence-electron chi connectivity index (χ1n) is 8.39. The van der Waals surface area contributed by atoms with E-state index in [4.69, 9.17) is 4.43 Å². The van der Waals surface area contributed by atoms with Gasteiger partial charge in [0.1, 0.15) is 5.83 Å². The smallest absolute Gasteiger partial charge is 0.261 e. The van der Waals surface area contributed by atoms with Crippen LogP contribution in [0, 0.1) is 0 Å². The highest BCUT2D eigenvalue weighted by atomic mass is 28.4. The van der Waals surface area contributed by atoms with Gasteiger partial charge in [0.05, 0.1) is 24.3 Å². The molecule has 0 spiro atoms. The number of hydrogen-bond acceptors (Lipinski definition) is 3. The van der Waals surface area contributed by atoms with Gasteiger partial charge in [-0.15, -0.1) is 0 Å². The van der Waals surface area contributed by atoms with E-state index >= 15 is 0 Å². The summed E-state index contributed by atoms with van der Waals surface area (Å²) in [6.45, 7) is 12.0. The molecule has 25 heavy (non-hydrogen) atoms. The van der Waals surface area contributed by atoms with Gasteiger partial charge in [0.15, 0.2) is 8.32 Å². The monoisotopic (exact) mass is 363 g/mol. The SMILES string of the molecule is CC(CO[Si](C)(C)C(C)(C)C)=C(F)CN1C(=O)c2ccccc2C1=O. The Labute approximate surface area is 149 Å². The predicted molar refractivity (Wildman–Crippen MR) is 98.8 cm³/mol. The normalized spacial score (nSPS) is 16.2. The van der Waals surface area contributed by atoms with Crippen LogP contribution in [-0.2, 0) is 4.43 Å². The van der Waals surface area contributed by atoms with Crippen LogP contribution in [0.25, 0.3) is 0 Å². The third-order valence-electron chi connectivity index (χ3n) is 5.09. The summed E-state index contributed by atoms with van der Waals surface area (Å²) in [5, 5.41) is 0.0340. The van der Waals surface area contributed by atoms with E-state index in [-0.39, 0.29) is 18.2 Å². The van der Waals surface area contributed by atoms with Gasteiger partial charge in [0, 0.05) is 0 Å². The van der Waals surface area contributed by atoms with E-state index < -0.39 is 26.0 Å². The molecule has 0 bridgehead atoms. The van der Waals surface area contributed by atoms with Crippen molar-refractivity contribution < 1.29 is 18.4 Å². The average Bonchev–Trinajstić information content (AvgIpc) is 2.77. The molecule has 0 unspecified atom stereocenters. The molecule has 4 nitrogen and oxygen atoms in total. The third-order valence-corrected chi connectivity index (χ3v) is 9.57. The molecule has 2 rings (SSSR count). The number of benzene rings is 1. The van der Waals surface area contributed by atoms with Crippen LogP contribution in [0.15, 0.2) is 35.7 Å². The van der Waals surface area contributed by atoms with Crippen LogP contribution < -0.4 is 0 Å². The highest BCUT2D eigenvalue weighted by Gasteiger charge is 2.38. The number of halogens is 1. The Balaban J connectivity index is 2.09. The van der Waals surface area contributed by atoms with E-state index in [1.807, 2.05) is 0 Å². The Kier molecular flexibility index (Phi) is 5.34. The van der Waals surface area contributed by atoms with Gasteiger partial charge < -0.3 is 4.43 Å². The summed E-state index contributed by atoms with van der Waals surface area (Å²) in [4.78, 5) is 25.6. The van der Waals surface area contributed by atoms with Crippen molar-refractivity contribution in [1.29, 1.82) is 0 Å². The molecule has 1 aromatic carbocycles. The first-order chi connectivity index (χ1) is 11.5. The summed E-state index contributed by atoms with van der Waals surface area (Å²) in [6.07, 6.45) is 0. The molecule has 0 radical (unpaired) electrons. The molecule has 0 aliphatic carbocycles. The van der Waals surface area contributed by atoms with Crippen molar-refractivity contribution in [3.05, 3.63) is 46.8 Å². The Hall–Kier alpha value is -1.79. The maximum absolute atomic E-state index is 14.6. The van der Waals surface area contributed by atoms with Gasteiger partial charge in [-0.2, -0.15) is 0 Å². The van der Waals surface area contributed by atoms with E-state index in [1.165, 1.54) is 0 Å². The second kappa shape index (κ2) is 6.84. The molecule has 0 aromatic heterocycles. The molecule has 1 heterocycles. The molecule has 1 aliphatic heterocycles. The van der Waals surface area contributed by atoms with Gasteiger partial charge >= 0.3 is 0 Å². The number of fused-ring (bicyclic) bond motifs is 1. The molecular weight excluding hydrogens is 337 g/mol. The maximum atomic E-state index is 14.6. The zero-order valence-electron chi connectivity index (χ0n) is 15.8. The number of nitrogens with zero attached hydrogens (tertiary/aromatic N) is 1. The summed E-state index contributed by atoms with van der Waals surface area (Å²) in [5.41, 5.74) is 1.08. The number of carbonyl (C=O) groups is 2. The molecule has 0 atom stereocenters. The van der Waals surface area contributed by atoms with Crippen molar-refractivity contribution >= 4 is 20.1 Å². The highest BCUT2D eigenvalue weighted by Crippen LogP contribution is 2.37. The average molecular weight is 364 g/mol. The fourth-order valence-electron chi connectivity index (χ4n) is 2.24. The van der Waals surface area contributed by atoms with Crippen molar-refractivity contribution in [3.8, 4) is 0 Å². The van der Waals surface area contributed by atoms with E-state index in [9.17, 15) is 14.0 Å². The minimum Gasteiger partial charge on any atom is -0.413 e. The lowest BCUT2D eigenvalue weighted by Crippen LogP contribution is -2.41. The minimum absolute atomic E-state index is 0.0340. The second-order valence-corrected chi connectivity index (χ2v) is 12.8. The van der Waals surface area contributed by atoms with Gasteiger partial charge in [-0.3, -0.25) is 14.5 Å². The van der Waals surface area contributed by atoms with Gasteiger partial charge in [-0.25, -0.2) is 4.39 Å². The zero-order chi connectivity index (χ0) is 19.0. The molecule has 0 fully saturated rings. The Morgan fingerprint density at radius 3 is 2.04 bits per heavy atom. The van der Waals surface area contributed by atoms with E-state index in [2.05, 4.69) is 33.9 Å². The van der Waals surface area contributed by atoms with Gasteiger partial charge in [-0.05, 0) is 42.8 Å². The van der Waals surface area contributed by atoms with Gasteiger partial charge in [0.2, 0.25) is 0 Å². The molecule has 0 saturated heterocycles. The van der Waals surface area contributed by atoms with Crippen molar-refractivity contribution in [2.24, 2.45) is 0 Å². The molecule has 0 N–H and O–H groups in total. The lowest BCUT2D eigenvalue weighted by Gasteiger charge is -2.36. The first kappa shape index (κ1) is 19.5. The van der Waals surface area contributed by atoms with Crippen LogP contribution >= 0.6 is 0 Å². The number of imide groups is 1. The molecule has 136 valence electrons. The highest BCUT2D eigenvalue weighted by molar-refractivity contribution is 6.74. The topological polar surface area (TPSA) is 46.6 Å². The van der Waals surface area contributed by atoms with Crippen LogP contribution in [0.5, 0.6) is 0 Å². The molecule has 6 heteroatoms. The molecule has 1 aromatic rings. The first-order valence-corrected chi connectivity index (χ1v) is 11.3. The van der Waals surface area contributed by atoms with E-state index in [1.54, 1.807) is 31.2 Å². The van der Waals surface area contributed by atoms with Crippen molar-refractivity contribution in [1.82, 2.24) is 4.90 Å². The summed E-state index contributed by atoms with van der Waals surface area (Å²) in [5.74, 6) is -1.39. The molecular formula is C19H26FNO3Si.